The molecule has 1 fully saturated rings. The molecule has 0 amide bonds. The Balaban J connectivity index is 2.08. The molecule has 0 aromatic heterocycles. The molecule has 2 rings (SSSR count). The van der Waals surface area contributed by atoms with Crippen molar-refractivity contribution in [3.05, 3.63) is 38.9 Å². The lowest BCUT2D eigenvalue weighted by Crippen LogP contribution is -2.37. The SMILES string of the molecule is CCN(Cc1ccc(Cl)cc1[N+](=O)[O-])CC1CCCN1. The Hall–Kier alpha value is -1.17. The van der Waals surface area contributed by atoms with E-state index in [4.69, 9.17) is 11.6 Å². The maximum atomic E-state index is 11.1. The van der Waals surface area contributed by atoms with Gasteiger partial charge in [0.1, 0.15) is 0 Å². The number of rotatable bonds is 6. The molecule has 5 nitrogen and oxygen atoms in total. The summed E-state index contributed by atoms with van der Waals surface area (Å²) in [6.07, 6.45) is 2.39. The van der Waals surface area contributed by atoms with Crippen molar-refractivity contribution in [2.75, 3.05) is 19.6 Å². The Morgan fingerprint density at radius 2 is 2.35 bits per heavy atom. The summed E-state index contributed by atoms with van der Waals surface area (Å²) in [5.41, 5.74) is 0.828. The summed E-state index contributed by atoms with van der Waals surface area (Å²) in [6, 6.07) is 5.40. The molecule has 0 spiro atoms. The molecule has 1 aliphatic heterocycles. The van der Waals surface area contributed by atoms with Gasteiger partial charge in [0.05, 0.1) is 4.92 Å². The second kappa shape index (κ2) is 7.02. The van der Waals surface area contributed by atoms with Crippen molar-refractivity contribution >= 4 is 17.3 Å². The summed E-state index contributed by atoms with van der Waals surface area (Å²) >= 11 is 5.84. The minimum atomic E-state index is -0.358. The number of hydrogen-bond donors (Lipinski definition) is 1. The summed E-state index contributed by atoms with van der Waals surface area (Å²) in [7, 11) is 0. The van der Waals surface area contributed by atoms with E-state index in [1.54, 1.807) is 12.1 Å². The highest BCUT2D eigenvalue weighted by Gasteiger charge is 2.20. The fourth-order valence-electron chi connectivity index (χ4n) is 2.61. The van der Waals surface area contributed by atoms with Crippen LogP contribution in [0, 0.1) is 10.1 Å². The molecule has 0 radical (unpaired) electrons. The van der Waals surface area contributed by atoms with E-state index in [0.717, 1.165) is 25.2 Å². The van der Waals surface area contributed by atoms with Gasteiger partial charge >= 0.3 is 0 Å². The third-order valence-corrected chi connectivity index (χ3v) is 3.96. The number of benzene rings is 1. The minimum Gasteiger partial charge on any atom is -0.313 e. The molecule has 1 saturated heterocycles. The predicted octanol–water partition coefficient (Wildman–Crippen LogP) is 2.82. The Morgan fingerprint density at radius 1 is 1.55 bits per heavy atom. The molecule has 1 aromatic carbocycles. The van der Waals surface area contributed by atoms with Gasteiger partial charge in [-0.2, -0.15) is 0 Å². The topological polar surface area (TPSA) is 58.4 Å². The van der Waals surface area contributed by atoms with E-state index in [1.165, 1.54) is 18.9 Å². The van der Waals surface area contributed by atoms with Crippen LogP contribution in [0.2, 0.25) is 5.02 Å². The van der Waals surface area contributed by atoms with E-state index in [9.17, 15) is 10.1 Å². The Morgan fingerprint density at radius 3 is 2.95 bits per heavy atom. The third-order valence-electron chi connectivity index (χ3n) is 3.73. The van der Waals surface area contributed by atoms with Gasteiger partial charge in [-0.15, -0.1) is 0 Å². The van der Waals surface area contributed by atoms with Crippen LogP contribution in [-0.4, -0.2) is 35.5 Å². The maximum Gasteiger partial charge on any atom is 0.275 e. The van der Waals surface area contributed by atoms with Crippen molar-refractivity contribution in [3.8, 4) is 0 Å². The standard InChI is InChI=1S/C14H20ClN3O2/c1-2-17(10-13-4-3-7-16-13)9-11-5-6-12(15)8-14(11)18(19)20/h5-6,8,13,16H,2-4,7,9-10H2,1H3. The van der Waals surface area contributed by atoms with E-state index in [2.05, 4.69) is 17.1 Å². The van der Waals surface area contributed by atoms with Crippen LogP contribution < -0.4 is 5.32 Å². The fourth-order valence-corrected chi connectivity index (χ4v) is 2.78. The first kappa shape index (κ1) is 15.2. The van der Waals surface area contributed by atoms with Crippen LogP contribution in [0.3, 0.4) is 0 Å². The lowest BCUT2D eigenvalue weighted by Gasteiger charge is -2.24. The smallest absolute Gasteiger partial charge is 0.275 e. The molecule has 110 valence electrons. The first-order valence-corrected chi connectivity index (χ1v) is 7.36. The first-order valence-electron chi connectivity index (χ1n) is 6.98. The van der Waals surface area contributed by atoms with Crippen LogP contribution in [0.1, 0.15) is 25.3 Å². The molecule has 1 aromatic rings. The summed E-state index contributed by atoms with van der Waals surface area (Å²) < 4.78 is 0. The summed E-state index contributed by atoms with van der Waals surface area (Å²) in [6.45, 7) is 5.54. The fraction of sp³-hybridized carbons (Fsp3) is 0.571. The highest BCUT2D eigenvalue weighted by molar-refractivity contribution is 6.30. The second-order valence-corrected chi connectivity index (χ2v) is 5.59. The number of halogens is 1. The van der Waals surface area contributed by atoms with E-state index in [0.29, 0.717) is 17.6 Å². The zero-order valence-corrected chi connectivity index (χ0v) is 12.4. The lowest BCUT2D eigenvalue weighted by atomic mass is 10.1. The van der Waals surface area contributed by atoms with E-state index in [-0.39, 0.29) is 10.6 Å². The summed E-state index contributed by atoms with van der Waals surface area (Å²) in [5.74, 6) is 0. The highest BCUT2D eigenvalue weighted by atomic mass is 35.5. The second-order valence-electron chi connectivity index (χ2n) is 5.15. The zero-order chi connectivity index (χ0) is 14.5. The Kier molecular flexibility index (Phi) is 5.34. The molecule has 0 aliphatic carbocycles. The highest BCUT2D eigenvalue weighted by Crippen LogP contribution is 2.24. The monoisotopic (exact) mass is 297 g/mol. The van der Waals surface area contributed by atoms with Crippen LogP contribution >= 0.6 is 11.6 Å². The number of hydrogen-bond acceptors (Lipinski definition) is 4. The molecule has 1 aliphatic rings. The van der Waals surface area contributed by atoms with Crippen LogP contribution in [0.15, 0.2) is 18.2 Å². The van der Waals surface area contributed by atoms with Crippen molar-refractivity contribution in [3.63, 3.8) is 0 Å². The van der Waals surface area contributed by atoms with Crippen molar-refractivity contribution in [1.82, 2.24) is 10.2 Å². The largest absolute Gasteiger partial charge is 0.313 e. The molecule has 1 heterocycles. The molecular formula is C14H20ClN3O2. The normalized spacial score (nSPS) is 18.6. The van der Waals surface area contributed by atoms with Crippen LogP contribution in [0.5, 0.6) is 0 Å². The zero-order valence-electron chi connectivity index (χ0n) is 11.6. The molecule has 1 N–H and O–H groups in total. The average Bonchev–Trinajstić information content (AvgIpc) is 2.92. The van der Waals surface area contributed by atoms with Gasteiger partial charge in [0.15, 0.2) is 0 Å². The van der Waals surface area contributed by atoms with Crippen molar-refractivity contribution < 1.29 is 4.92 Å². The van der Waals surface area contributed by atoms with Gasteiger partial charge in [-0.1, -0.05) is 18.5 Å². The third kappa shape index (κ3) is 3.91. The van der Waals surface area contributed by atoms with Gasteiger partial charge in [0, 0.05) is 35.8 Å². The number of likely N-dealkylation sites (N-methyl/N-ethyl adjacent to an activating group) is 1. The number of nitrogens with zero attached hydrogens (tertiary/aromatic N) is 2. The van der Waals surface area contributed by atoms with E-state index < -0.39 is 0 Å². The van der Waals surface area contributed by atoms with Crippen LogP contribution in [0.25, 0.3) is 0 Å². The van der Waals surface area contributed by atoms with Gasteiger partial charge in [-0.05, 0) is 38.1 Å². The maximum absolute atomic E-state index is 11.1. The number of nitro groups is 1. The molecule has 0 bridgehead atoms. The molecule has 6 heteroatoms. The van der Waals surface area contributed by atoms with Gasteiger partial charge in [-0.25, -0.2) is 0 Å². The molecule has 0 saturated carbocycles. The molecule has 1 unspecified atom stereocenters. The lowest BCUT2D eigenvalue weighted by molar-refractivity contribution is -0.385. The van der Waals surface area contributed by atoms with Crippen LogP contribution in [-0.2, 0) is 6.54 Å². The van der Waals surface area contributed by atoms with Gasteiger partial charge in [0.25, 0.3) is 5.69 Å². The number of nitro benzene ring substituents is 1. The first-order chi connectivity index (χ1) is 9.60. The molecular weight excluding hydrogens is 278 g/mol. The van der Waals surface area contributed by atoms with E-state index in [1.807, 2.05) is 0 Å². The van der Waals surface area contributed by atoms with Crippen molar-refractivity contribution in [2.24, 2.45) is 0 Å². The Labute approximate surface area is 124 Å². The van der Waals surface area contributed by atoms with Gasteiger partial charge < -0.3 is 5.32 Å². The van der Waals surface area contributed by atoms with E-state index >= 15 is 0 Å². The predicted molar refractivity (Wildman–Crippen MR) is 80.1 cm³/mol. The quantitative estimate of drug-likeness (QED) is 0.648. The van der Waals surface area contributed by atoms with Crippen molar-refractivity contribution in [2.45, 2.75) is 32.4 Å². The average molecular weight is 298 g/mol. The summed E-state index contributed by atoms with van der Waals surface area (Å²) in [4.78, 5) is 13.0. The van der Waals surface area contributed by atoms with Gasteiger partial charge in [0.2, 0.25) is 0 Å². The molecule has 1 atom stereocenters. The van der Waals surface area contributed by atoms with Crippen LogP contribution in [0.4, 0.5) is 5.69 Å². The Bertz CT molecular complexity index is 475. The molecule has 20 heavy (non-hydrogen) atoms. The van der Waals surface area contributed by atoms with Crippen molar-refractivity contribution in [1.29, 1.82) is 0 Å². The number of nitrogens with one attached hydrogen (secondary N) is 1. The van der Waals surface area contributed by atoms with Gasteiger partial charge in [-0.3, -0.25) is 15.0 Å². The minimum absolute atomic E-state index is 0.107. The summed E-state index contributed by atoms with van der Waals surface area (Å²) in [5, 5.41) is 15.0.